The van der Waals surface area contributed by atoms with E-state index in [4.69, 9.17) is 4.74 Å². The molecule has 0 radical (unpaired) electrons. The number of hydrogen-bond acceptors (Lipinski definition) is 3. The molecule has 0 aromatic rings. The molecule has 17 heavy (non-hydrogen) atoms. The van der Waals surface area contributed by atoms with E-state index in [1.54, 1.807) is 0 Å². The lowest BCUT2D eigenvalue weighted by Crippen LogP contribution is -2.31. The molecule has 1 unspecified atom stereocenters. The summed E-state index contributed by atoms with van der Waals surface area (Å²) in [7, 11) is 0. The van der Waals surface area contributed by atoms with Gasteiger partial charge in [-0.1, -0.05) is 13.8 Å². The highest BCUT2D eigenvalue weighted by molar-refractivity contribution is 5.76. The van der Waals surface area contributed by atoms with Gasteiger partial charge in [-0.2, -0.15) is 0 Å². The van der Waals surface area contributed by atoms with E-state index >= 15 is 0 Å². The van der Waals surface area contributed by atoms with Crippen LogP contribution >= 0.6 is 0 Å². The van der Waals surface area contributed by atoms with E-state index in [0.29, 0.717) is 18.4 Å². The Morgan fingerprint density at radius 2 is 2.24 bits per heavy atom. The van der Waals surface area contributed by atoms with E-state index in [2.05, 4.69) is 24.5 Å². The maximum Gasteiger partial charge on any atom is 0.221 e. The predicted molar refractivity (Wildman–Crippen MR) is 68.9 cm³/mol. The van der Waals surface area contributed by atoms with Crippen LogP contribution in [-0.4, -0.2) is 38.3 Å². The highest BCUT2D eigenvalue weighted by atomic mass is 16.5. The second-order valence-electron chi connectivity index (χ2n) is 5.12. The summed E-state index contributed by atoms with van der Waals surface area (Å²) in [5, 5.41) is 6.20. The van der Waals surface area contributed by atoms with Crippen LogP contribution in [0.4, 0.5) is 0 Å². The zero-order chi connectivity index (χ0) is 12.5. The number of carbonyl (C=O) groups excluding carboxylic acids is 1. The average molecular weight is 242 g/mol. The summed E-state index contributed by atoms with van der Waals surface area (Å²) < 4.78 is 5.53. The lowest BCUT2D eigenvalue weighted by Gasteiger charge is -2.10. The first-order chi connectivity index (χ1) is 8.18. The number of nitrogens with one attached hydrogen (secondary N) is 2. The molecule has 0 saturated carbocycles. The number of rotatable bonds is 8. The highest BCUT2D eigenvalue weighted by Crippen LogP contribution is 2.14. The van der Waals surface area contributed by atoms with Crippen LogP contribution in [0, 0.1) is 5.92 Å². The summed E-state index contributed by atoms with van der Waals surface area (Å²) in [6, 6.07) is 0. The van der Waals surface area contributed by atoms with Crippen molar-refractivity contribution in [3.63, 3.8) is 0 Å². The number of carbonyl (C=O) groups is 1. The number of hydrogen-bond donors (Lipinski definition) is 2. The molecule has 2 N–H and O–H groups in total. The van der Waals surface area contributed by atoms with Gasteiger partial charge in [-0.15, -0.1) is 0 Å². The minimum absolute atomic E-state index is 0.142. The minimum Gasteiger partial charge on any atom is -0.378 e. The molecule has 1 fully saturated rings. The molecule has 0 aromatic carbocycles. The molecular weight excluding hydrogens is 216 g/mol. The van der Waals surface area contributed by atoms with Crippen LogP contribution < -0.4 is 10.6 Å². The third-order valence-electron chi connectivity index (χ3n) is 2.90. The standard InChI is InChI=1S/C13H26N2O2/c1-11(2)10-15-13(16)6-8-14-7-5-12-4-3-9-17-12/h11-12,14H,3-10H2,1-2H3,(H,15,16). The summed E-state index contributed by atoms with van der Waals surface area (Å²) in [4.78, 5) is 11.4. The molecule has 1 saturated heterocycles. The van der Waals surface area contributed by atoms with Crippen molar-refractivity contribution in [3.05, 3.63) is 0 Å². The van der Waals surface area contributed by atoms with Crippen LogP contribution in [0.2, 0.25) is 0 Å². The van der Waals surface area contributed by atoms with Crippen LogP contribution in [0.25, 0.3) is 0 Å². The van der Waals surface area contributed by atoms with Crippen LogP contribution in [0.1, 0.15) is 39.5 Å². The Hall–Kier alpha value is -0.610. The normalized spacial score (nSPS) is 19.8. The zero-order valence-corrected chi connectivity index (χ0v) is 11.1. The zero-order valence-electron chi connectivity index (χ0n) is 11.1. The van der Waals surface area contributed by atoms with Crippen molar-refractivity contribution in [1.82, 2.24) is 10.6 Å². The van der Waals surface area contributed by atoms with Gasteiger partial charge in [-0.05, 0) is 31.7 Å². The predicted octanol–water partition coefficient (Wildman–Crippen LogP) is 1.31. The third kappa shape index (κ3) is 7.34. The van der Waals surface area contributed by atoms with Gasteiger partial charge in [0.25, 0.3) is 0 Å². The molecular formula is C13H26N2O2. The maximum atomic E-state index is 11.4. The van der Waals surface area contributed by atoms with E-state index in [-0.39, 0.29) is 5.91 Å². The molecule has 4 nitrogen and oxygen atoms in total. The van der Waals surface area contributed by atoms with Crippen LogP contribution in [0.5, 0.6) is 0 Å². The maximum absolute atomic E-state index is 11.4. The summed E-state index contributed by atoms with van der Waals surface area (Å²) in [5.41, 5.74) is 0. The monoisotopic (exact) mass is 242 g/mol. The van der Waals surface area contributed by atoms with Gasteiger partial charge >= 0.3 is 0 Å². The molecule has 0 aliphatic carbocycles. The van der Waals surface area contributed by atoms with Gasteiger partial charge in [0.05, 0.1) is 6.10 Å². The minimum atomic E-state index is 0.142. The largest absolute Gasteiger partial charge is 0.378 e. The second kappa shape index (κ2) is 8.48. The Bertz CT molecular complexity index is 213. The Balaban J connectivity index is 1.87. The van der Waals surface area contributed by atoms with Crippen molar-refractivity contribution >= 4 is 5.91 Å². The molecule has 4 heteroatoms. The molecule has 0 spiro atoms. The van der Waals surface area contributed by atoms with Crippen molar-refractivity contribution < 1.29 is 9.53 Å². The first kappa shape index (κ1) is 14.5. The quantitative estimate of drug-likeness (QED) is 0.631. The average Bonchev–Trinajstić information content (AvgIpc) is 2.79. The van der Waals surface area contributed by atoms with Crippen molar-refractivity contribution in [1.29, 1.82) is 0 Å². The van der Waals surface area contributed by atoms with Crippen LogP contribution in [-0.2, 0) is 9.53 Å². The number of amides is 1. The van der Waals surface area contributed by atoms with E-state index in [1.807, 2.05) is 0 Å². The summed E-state index contributed by atoms with van der Waals surface area (Å²) in [5.74, 6) is 0.662. The highest BCUT2D eigenvalue weighted by Gasteiger charge is 2.14. The third-order valence-corrected chi connectivity index (χ3v) is 2.90. The van der Waals surface area contributed by atoms with Gasteiger partial charge in [0, 0.05) is 26.1 Å². The van der Waals surface area contributed by atoms with Crippen molar-refractivity contribution in [3.8, 4) is 0 Å². The van der Waals surface area contributed by atoms with E-state index in [0.717, 1.165) is 32.7 Å². The van der Waals surface area contributed by atoms with E-state index < -0.39 is 0 Å². The van der Waals surface area contributed by atoms with Crippen molar-refractivity contribution in [2.75, 3.05) is 26.2 Å². The van der Waals surface area contributed by atoms with Gasteiger partial charge in [-0.25, -0.2) is 0 Å². The van der Waals surface area contributed by atoms with Crippen LogP contribution in [0.15, 0.2) is 0 Å². The molecule has 1 aliphatic rings. The molecule has 100 valence electrons. The van der Waals surface area contributed by atoms with E-state index in [9.17, 15) is 4.79 Å². The molecule has 1 aliphatic heterocycles. The summed E-state index contributed by atoms with van der Waals surface area (Å²) in [6.07, 6.45) is 4.46. The van der Waals surface area contributed by atoms with Gasteiger partial charge in [0.15, 0.2) is 0 Å². The first-order valence-corrected chi connectivity index (χ1v) is 6.77. The van der Waals surface area contributed by atoms with Gasteiger partial charge in [-0.3, -0.25) is 4.79 Å². The smallest absolute Gasteiger partial charge is 0.221 e. The molecule has 1 amide bonds. The SMILES string of the molecule is CC(C)CNC(=O)CCNCCC1CCCO1. The lowest BCUT2D eigenvalue weighted by molar-refractivity contribution is -0.121. The molecule has 1 rings (SSSR count). The van der Waals surface area contributed by atoms with Crippen LogP contribution in [0.3, 0.4) is 0 Å². The topological polar surface area (TPSA) is 50.4 Å². The second-order valence-corrected chi connectivity index (χ2v) is 5.12. The first-order valence-electron chi connectivity index (χ1n) is 6.77. The van der Waals surface area contributed by atoms with Gasteiger partial charge in [0.2, 0.25) is 5.91 Å². The lowest BCUT2D eigenvalue weighted by atomic mass is 10.2. The molecule has 0 bridgehead atoms. The fourth-order valence-electron chi connectivity index (χ4n) is 1.87. The Morgan fingerprint density at radius 1 is 1.41 bits per heavy atom. The van der Waals surface area contributed by atoms with E-state index in [1.165, 1.54) is 12.8 Å². The Morgan fingerprint density at radius 3 is 2.88 bits per heavy atom. The Kier molecular flexibility index (Phi) is 7.21. The van der Waals surface area contributed by atoms with Gasteiger partial charge < -0.3 is 15.4 Å². The van der Waals surface area contributed by atoms with Gasteiger partial charge in [0.1, 0.15) is 0 Å². The fourth-order valence-corrected chi connectivity index (χ4v) is 1.87. The fraction of sp³-hybridized carbons (Fsp3) is 0.923. The van der Waals surface area contributed by atoms with Crippen molar-refractivity contribution in [2.45, 2.75) is 45.6 Å². The summed E-state index contributed by atoms with van der Waals surface area (Å²) in [6.45, 7) is 7.59. The molecule has 0 aromatic heterocycles. The van der Waals surface area contributed by atoms with Crippen molar-refractivity contribution in [2.24, 2.45) is 5.92 Å². The molecule has 1 heterocycles. The Labute approximate surface area is 104 Å². The summed E-state index contributed by atoms with van der Waals surface area (Å²) >= 11 is 0. The molecule has 1 atom stereocenters. The number of ether oxygens (including phenoxy) is 1.